The summed E-state index contributed by atoms with van der Waals surface area (Å²) in [5.74, 6) is 1.40. The molecule has 0 atom stereocenters. The van der Waals surface area contributed by atoms with Crippen molar-refractivity contribution in [3.8, 4) is 11.6 Å². The number of hydrogen-bond acceptors (Lipinski definition) is 3. The molecule has 2 aromatic carbocycles. The van der Waals surface area contributed by atoms with Crippen molar-refractivity contribution in [1.82, 2.24) is 4.98 Å². The first-order chi connectivity index (χ1) is 10.3. The molecule has 1 aromatic heterocycles. The molecule has 3 nitrogen and oxygen atoms in total. The number of fused-ring (bicyclic) bond motifs is 1. The van der Waals surface area contributed by atoms with Crippen LogP contribution in [-0.2, 0) is 6.42 Å². The Kier molecular flexibility index (Phi) is 4.18. The molecule has 3 aromatic rings. The van der Waals surface area contributed by atoms with Crippen LogP contribution in [0.3, 0.4) is 0 Å². The Bertz CT molecular complexity index is 774. The van der Waals surface area contributed by atoms with Crippen LogP contribution < -0.4 is 10.5 Å². The highest BCUT2D eigenvalue weighted by atomic mass is 79.9. The lowest BCUT2D eigenvalue weighted by molar-refractivity contribution is 0.457. The summed E-state index contributed by atoms with van der Waals surface area (Å²) in [5.41, 5.74) is 6.65. The van der Waals surface area contributed by atoms with Crippen LogP contribution in [0.5, 0.6) is 11.6 Å². The maximum Gasteiger partial charge on any atom is 0.222 e. The molecule has 0 saturated carbocycles. The summed E-state index contributed by atoms with van der Waals surface area (Å²) in [5, 5.41) is 2.30. The molecule has 0 spiro atoms. The minimum Gasteiger partial charge on any atom is -0.439 e. The molecule has 0 amide bonds. The van der Waals surface area contributed by atoms with Crippen molar-refractivity contribution in [2.24, 2.45) is 5.73 Å². The van der Waals surface area contributed by atoms with Crippen molar-refractivity contribution in [3.63, 3.8) is 0 Å². The topological polar surface area (TPSA) is 48.1 Å². The third-order valence-electron chi connectivity index (χ3n) is 3.25. The van der Waals surface area contributed by atoms with E-state index in [1.807, 2.05) is 36.4 Å². The van der Waals surface area contributed by atoms with Gasteiger partial charge in [-0.1, -0.05) is 34.1 Å². The van der Waals surface area contributed by atoms with E-state index in [1.54, 1.807) is 6.20 Å². The van der Waals surface area contributed by atoms with Gasteiger partial charge in [0.15, 0.2) is 0 Å². The summed E-state index contributed by atoms with van der Waals surface area (Å²) in [7, 11) is 0. The van der Waals surface area contributed by atoms with Crippen LogP contribution in [-0.4, -0.2) is 11.5 Å². The highest BCUT2D eigenvalue weighted by Crippen LogP contribution is 2.28. The summed E-state index contributed by atoms with van der Waals surface area (Å²) < 4.78 is 6.99. The maximum absolute atomic E-state index is 5.92. The van der Waals surface area contributed by atoms with E-state index in [0.29, 0.717) is 12.4 Å². The number of hydrogen-bond donors (Lipinski definition) is 1. The second kappa shape index (κ2) is 6.24. The largest absolute Gasteiger partial charge is 0.439 e. The van der Waals surface area contributed by atoms with Gasteiger partial charge >= 0.3 is 0 Å². The number of halogens is 1. The molecule has 4 heteroatoms. The molecule has 1 heterocycles. The zero-order chi connectivity index (χ0) is 14.7. The highest BCUT2D eigenvalue weighted by Gasteiger charge is 2.06. The van der Waals surface area contributed by atoms with Gasteiger partial charge in [-0.2, -0.15) is 0 Å². The van der Waals surface area contributed by atoms with E-state index >= 15 is 0 Å². The third-order valence-corrected chi connectivity index (χ3v) is 3.75. The molecule has 0 unspecified atom stereocenters. The van der Waals surface area contributed by atoms with Gasteiger partial charge in [-0.3, -0.25) is 0 Å². The number of benzene rings is 2. The van der Waals surface area contributed by atoms with Crippen LogP contribution in [0, 0.1) is 0 Å². The van der Waals surface area contributed by atoms with Gasteiger partial charge in [-0.15, -0.1) is 0 Å². The maximum atomic E-state index is 5.92. The summed E-state index contributed by atoms with van der Waals surface area (Å²) >= 11 is 3.48. The van der Waals surface area contributed by atoms with Crippen molar-refractivity contribution in [2.75, 3.05) is 6.54 Å². The predicted molar refractivity (Wildman–Crippen MR) is 88.7 cm³/mol. The number of ether oxygens (including phenoxy) is 1. The normalized spacial score (nSPS) is 10.8. The summed E-state index contributed by atoms with van der Waals surface area (Å²) in [6.45, 7) is 0.577. The zero-order valence-corrected chi connectivity index (χ0v) is 13.0. The first-order valence-corrected chi connectivity index (χ1v) is 7.57. The van der Waals surface area contributed by atoms with E-state index in [-0.39, 0.29) is 0 Å². The quantitative estimate of drug-likeness (QED) is 0.769. The lowest BCUT2D eigenvalue weighted by Gasteiger charge is -2.10. The molecule has 0 saturated heterocycles. The Morgan fingerprint density at radius 2 is 1.86 bits per heavy atom. The van der Waals surface area contributed by atoms with Gasteiger partial charge in [0.2, 0.25) is 5.88 Å². The summed E-state index contributed by atoms with van der Waals surface area (Å²) in [6, 6.07) is 16.1. The van der Waals surface area contributed by atoms with Gasteiger partial charge in [-0.05, 0) is 54.1 Å². The lowest BCUT2D eigenvalue weighted by Crippen LogP contribution is -2.04. The second-order valence-corrected chi connectivity index (χ2v) is 5.68. The van der Waals surface area contributed by atoms with E-state index in [9.17, 15) is 0 Å². The van der Waals surface area contributed by atoms with Gasteiger partial charge in [0.25, 0.3) is 0 Å². The van der Waals surface area contributed by atoms with Crippen LogP contribution in [0.1, 0.15) is 5.56 Å². The molecule has 2 N–H and O–H groups in total. The van der Waals surface area contributed by atoms with Gasteiger partial charge < -0.3 is 10.5 Å². The van der Waals surface area contributed by atoms with Crippen LogP contribution in [0.2, 0.25) is 0 Å². The number of pyridine rings is 1. The van der Waals surface area contributed by atoms with Crippen LogP contribution in [0.4, 0.5) is 0 Å². The molecule has 0 fully saturated rings. The lowest BCUT2D eigenvalue weighted by atomic mass is 10.1. The van der Waals surface area contributed by atoms with Crippen molar-refractivity contribution >= 4 is 26.7 Å². The monoisotopic (exact) mass is 342 g/mol. The molecule has 0 aliphatic carbocycles. The Morgan fingerprint density at radius 1 is 1.05 bits per heavy atom. The number of nitrogens with zero attached hydrogens (tertiary/aromatic N) is 1. The third kappa shape index (κ3) is 3.23. The van der Waals surface area contributed by atoms with Gasteiger partial charge in [0.1, 0.15) is 5.75 Å². The van der Waals surface area contributed by atoms with Crippen LogP contribution >= 0.6 is 15.9 Å². The van der Waals surface area contributed by atoms with Gasteiger partial charge in [0, 0.05) is 16.2 Å². The Balaban J connectivity index is 1.93. The molecule has 0 bridgehead atoms. The fourth-order valence-electron chi connectivity index (χ4n) is 2.23. The van der Waals surface area contributed by atoms with Gasteiger partial charge in [0.05, 0.1) is 0 Å². The van der Waals surface area contributed by atoms with E-state index in [2.05, 4.69) is 33.0 Å². The standard InChI is InChI=1S/C17H15BrN2O/c18-15-5-3-14-11-16(6-4-13(14)10-15)21-17-12(7-8-19)2-1-9-20-17/h1-6,9-11H,7-8,19H2. The highest BCUT2D eigenvalue weighted by molar-refractivity contribution is 9.10. The Hall–Kier alpha value is -1.91. The Morgan fingerprint density at radius 3 is 2.71 bits per heavy atom. The van der Waals surface area contributed by atoms with Crippen molar-refractivity contribution in [3.05, 3.63) is 64.8 Å². The van der Waals surface area contributed by atoms with Crippen LogP contribution in [0.25, 0.3) is 10.8 Å². The van der Waals surface area contributed by atoms with E-state index in [0.717, 1.165) is 27.6 Å². The first kappa shape index (κ1) is 14.0. The molecular formula is C17H15BrN2O. The van der Waals surface area contributed by atoms with Crippen molar-refractivity contribution in [2.45, 2.75) is 6.42 Å². The van der Waals surface area contributed by atoms with Crippen molar-refractivity contribution < 1.29 is 4.74 Å². The first-order valence-electron chi connectivity index (χ1n) is 6.77. The minimum absolute atomic E-state index is 0.577. The molecule has 3 rings (SSSR count). The predicted octanol–water partition coefficient (Wildman–Crippen LogP) is 4.29. The number of nitrogens with two attached hydrogens (primary N) is 1. The van der Waals surface area contributed by atoms with Crippen LogP contribution in [0.15, 0.2) is 59.2 Å². The average Bonchev–Trinajstić information content (AvgIpc) is 2.50. The summed E-state index contributed by atoms with van der Waals surface area (Å²) in [6.07, 6.45) is 2.48. The molecular weight excluding hydrogens is 328 g/mol. The van der Waals surface area contributed by atoms with Crippen molar-refractivity contribution in [1.29, 1.82) is 0 Å². The van der Waals surface area contributed by atoms with E-state index < -0.39 is 0 Å². The number of aromatic nitrogens is 1. The number of rotatable bonds is 4. The SMILES string of the molecule is NCCc1cccnc1Oc1ccc2cc(Br)ccc2c1. The summed E-state index contributed by atoms with van der Waals surface area (Å²) in [4.78, 5) is 4.30. The average molecular weight is 343 g/mol. The minimum atomic E-state index is 0.577. The van der Waals surface area contributed by atoms with E-state index in [4.69, 9.17) is 10.5 Å². The van der Waals surface area contributed by atoms with E-state index in [1.165, 1.54) is 5.39 Å². The smallest absolute Gasteiger partial charge is 0.222 e. The molecule has 0 aliphatic heterocycles. The fourth-order valence-corrected chi connectivity index (χ4v) is 2.61. The second-order valence-electron chi connectivity index (χ2n) is 4.76. The molecule has 106 valence electrons. The van der Waals surface area contributed by atoms with Gasteiger partial charge in [-0.25, -0.2) is 4.98 Å². The molecule has 0 radical (unpaired) electrons. The zero-order valence-electron chi connectivity index (χ0n) is 11.4. The molecule has 21 heavy (non-hydrogen) atoms. The fraction of sp³-hybridized carbons (Fsp3) is 0.118. The Labute approximate surface area is 131 Å². The molecule has 0 aliphatic rings.